The van der Waals surface area contributed by atoms with E-state index >= 15 is 0 Å². The highest BCUT2D eigenvalue weighted by molar-refractivity contribution is 7.47. The lowest BCUT2D eigenvalue weighted by Gasteiger charge is -2.26. The maximum absolute atomic E-state index is 13.9. The number of carbonyl (C=O) groups excluding carboxylic acids is 11. The van der Waals surface area contributed by atoms with Crippen molar-refractivity contribution in [3.8, 4) is 0 Å². The van der Waals surface area contributed by atoms with E-state index in [1.807, 2.05) is 0 Å². The third kappa shape index (κ3) is 36.0. The largest absolute Gasteiger partial charge is 0.472 e. The van der Waals surface area contributed by atoms with Crippen LogP contribution in [-0.4, -0.2) is 374 Å². The Balaban J connectivity index is 1.31. The molecule has 49 heteroatoms. The van der Waals surface area contributed by atoms with Gasteiger partial charge in [-0.1, -0.05) is 6.42 Å². The molecule has 17 atom stereocenters. The summed E-state index contributed by atoms with van der Waals surface area (Å²) < 4.78 is 70.1. The number of unbranched alkanes of at least 4 members (excludes halogenated alkanes) is 1. The number of nitrogens with one attached hydrogen (secondary N) is 4. The van der Waals surface area contributed by atoms with Crippen LogP contribution in [0.4, 0.5) is 0 Å². The van der Waals surface area contributed by atoms with Gasteiger partial charge in [0.25, 0.3) is 0 Å². The molecule has 8 amide bonds. The minimum absolute atomic E-state index is 0.0250. The lowest BCUT2D eigenvalue weighted by molar-refractivity contribution is -0.136. The molecule has 16 radical (unpaired) electrons. The Kier molecular flexibility index (Phi) is 45.0. The molecule has 6 unspecified atom stereocenters. The predicted molar refractivity (Wildman–Crippen MR) is 407 cm³/mol. The molecule has 4 saturated heterocycles. The lowest BCUT2D eigenvalue weighted by Crippen LogP contribution is -2.48. The Bertz CT molecular complexity index is 3080. The van der Waals surface area contributed by atoms with Crippen molar-refractivity contribution in [3.63, 3.8) is 0 Å². The van der Waals surface area contributed by atoms with Crippen LogP contribution in [0.2, 0.25) is 25.3 Å². The molecule has 0 aromatic carbocycles. The molecule has 0 saturated carbocycles. The zero-order chi connectivity index (χ0) is 81.8. The number of phosphoric acid groups is 2. The fourth-order valence-electron chi connectivity index (χ4n) is 12.6. The second-order valence-electron chi connectivity index (χ2n) is 27.6. The Morgan fingerprint density at radius 3 is 1.49 bits per heavy atom. The summed E-state index contributed by atoms with van der Waals surface area (Å²) in [7, 11) is 28.2. The molecule has 0 bridgehead atoms. The first-order valence-electron chi connectivity index (χ1n) is 36.9. The SMILES string of the molecule is [B][B]CC(=O)N(CCCC(=O)[C@@H](N)CCCCN)CC(=O)CCCN(CC(=O)C[C@@H](CCC(=O)NCCN(CC(=O)NCCN(CC(=O)NC[C@H]1O[C@@H](C)CC1OP(=O)(O)OC[C@H]1O[C@@H](C)CC1OP(=O)(O)OC[C@H]1O[C@@H](C)CC1O)C(=O)C[B][B])C(=O)C[B][B])C(=O)NC[C@H]1O[C@@H](B([B])[B])C(O)[C@H]1O)C(=O)C[B][B]. The summed E-state index contributed by atoms with van der Waals surface area (Å²) in [6, 6.07) is -1.89. The predicted octanol–water partition coefficient (Wildman–Crippen LogP) is -7.15. The van der Waals surface area contributed by atoms with Crippen molar-refractivity contribution in [1.29, 1.82) is 0 Å². The molecule has 0 aromatic rings. The average molecular weight is 1570 g/mol. The molecule has 36 nitrogen and oxygen atoms in total. The van der Waals surface area contributed by atoms with Gasteiger partial charge in [0.1, 0.15) is 42.4 Å². The summed E-state index contributed by atoms with van der Waals surface area (Å²) in [5, 5.41) is 41.6. The standard InChI is InChI=1S/C61H101B11N10O26P2/c1-36-20-44(86)49(104-36)34-101-109(97,98)108-46-22-38(3)105-50(46)35-102-110(99,100)107-45-21-37(2)103-47(45)28-77-53(89)33-82(57(93)27-71-65)19-15-76-52(88)32-81(56(92)26-70-64)18-14-75-51(87)12-11-39(61(96)78-29-48-58(94)59(95)60(106-48)72(66)67)23-41(84)31-80(55(91)25-69-63)16-6-8-40(83)30-79(54(90)24-68-62)17-7-10-43(85)42(74)9-4-5-13-73/h36-39,42,44-50,58-60,86,94-95H,4-35,73-74H2,1-3H3,(H,75,87)(H,76,88)(H,77,89)(H,78,96)(H,97,98)(H,99,100)/t36-,37-,38-,39+,42-,44?,45?,46?,47+,48+,49+,50+,58-,59?,60+/m0/s1. The molecule has 0 aromatic heterocycles. The third-order valence-electron chi connectivity index (χ3n) is 18.4. The van der Waals surface area contributed by atoms with Gasteiger partial charge in [-0.25, -0.2) is 9.13 Å². The van der Waals surface area contributed by atoms with E-state index in [1.54, 1.807) is 20.8 Å². The molecular formula is C61H101B11N10O26P2. The van der Waals surface area contributed by atoms with E-state index in [0.29, 0.717) is 32.2 Å². The van der Waals surface area contributed by atoms with Gasteiger partial charge in [-0.2, -0.15) is 0 Å². The van der Waals surface area contributed by atoms with E-state index in [1.165, 1.54) is 4.90 Å². The van der Waals surface area contributed by atoms with Crippen molar-refractivity contribution in [1.82, 2.24) is 40.9 Å². The van der Waals surface area contributed by atoms with Crippen molar-refractivity contribution in [2.24, 2.45) is 17.4 Å². The normalized spacial score (nSPS) is 24.4. The fourth-order valence-corrected chi connectivity index (χ4v) is 14.5. The Labute approximate surface area is 654 Å². The van der Waals surface area contributed by atoms with Crippen LogP contribution in [0.5, 0.6) is 0 Å². The average Bonchev–Trinajstić information content (AvgIpc) is 1.68. The van der Waals surface area contributed by atoms with E-state index in [9.17, 15) is 87.0 Å². The molecule has 4 aliphatic heterocycles. The van der Waals surface area contributed by atoms with Crippen molar-refractivity contribution in [3.05, 3.63) is 0 Å². The molecule has 0 aliphatic carbocycles. The van der Waals surface area contributed by atoms with Crippen molar-refractivity contribution >= 4 is 162 Å². The highest BCUT2D eigenvalue weighted by Gasteiger charge is 2.46. The highest BCUT2D eigenvalue weighted by Crippen LogP contribution is 2.50. The topological polar surface area (TPSA) is 510 Å². The summed E-state index contributed by atoms with van der Waals surface area (Å²) in [5.74, 6) is -7.79. The molecule has 110 heavy (non-hydrogen) atoms. The van der Waals surface area contributed by atoms with Gasteiger partial charge >= 0.3 is 15.6 Å². The van der Waals surface area contributed by atoms with E-state index in [0.717, 1.165) is 43.4 Å². The minimum Gasteiger partial charge on any atom is -0.390 e. The van der Waals surface area contributed by atoms with Crippen LogP contribution >= 0.6 is 15.6 Å². The molecule has 13 N–H and O–H groups in total. The first kappa shape index (κ1) is 97.7. The highest BCUT2D eigenvalue weighted by atomic mass is 31.2. The number of carbonyl (C=O) groups is 11. The smallest absolute Gasteiger partial charge is 0.390 e. The molecule has 4 rings (SSSR count). The number of Topliss-reactive ketones (excluding diaryl/α,β-unsaturated/α-hetero) is 3. The minimum atomic E-state index is -4.93. The number of nitrogens with two attached hydrogens (primary N) is 2. The molecule has 4 heterocycles. The van der Waals surface area contributed by atoms with Crippen LogP contribution in [-0.2, 0) is 98.9 Å². The zero-order valence-electron chi connectivity index (χ0n) is 62.8. The molecule has 4 aliphatic rings. The van der Waals surface area contributed by atoms with Crippen LogP contribution in [0.25, 0.3) is 0 Å². The first-order chi connectivity index (χ1) is 52.0. The molecule has 0 spiro atoms. The van der Waals surface area contributed by atoms with E-state index in [4.69, 9.17) is 94.9 Å². The molecule has 594 valence electrons. The second-order valence-corrected chi connectivity index (χ2v) is 30.4. The summed E-state index contributed by atoms with van der Waals surface area (Å²) in [4.78, 5) is 173. The van der Waals surface area contributed by atoms with Crippen LogP contribution in [0.3, 0.4) is 0 Å². The number of phosphoric ester groups is 2. The maximum atomic E-state index is 13.9. The summed E-state index contributed by atoms with van der Waals surface area (Å²) in [6.45, 7) is -0.659. The number of hydrogen-bond acceptors (Lipinski definition) is 26. The van der Waals surface area contributed by atoms with Gasteiger partial charge in [0.2, 0.25) is 47.3 Å². The third-order valence-corrected chi connectivity index (χ3v) is 20.4. The van der Waals surface area contributed by atoms with Crippen molar-refractivity contribution in [2.75, 3.05) is 98.3 Å². The second kappa shape index (κ2) is 50.6. The number of ketones is 3. The number of ether oxygens (including phenoxy) is 4. The number of hydrogen-bond donors (Lipinski definition) is 11. The van der Waals surface area contributed by atoms with E-state index in [2.05, 4.69) is 21.3 Å². The van der Waals surface area contributed by atoms with Crippen LogP contribution < -0.4 is 32.7 Å². The monoisotopic (exact) mass is 1570 g/mol. The van der Waals surface area contributed by atoms with E-state index < -0.39 is 218 Å². The van der Waals surface area contributed by atoms with Gasteiger partial charge < -0.3 is 96.4 Å². The summed E-state index contributed by atoms with van der Waals surface area (Å²) >= 11 is 0. The quantitative estimate of drug-likeness (QED) is 0.0153. The van der Waals surface area contributed by atoms with Crippen LogP contribution in [0.15, 0.2) is 0 Å². The lowest BCUT2D eigenvalue weighted by atomic mass is 9.16. The van der Waals surface area contributed by atoms with Gasteiger partial charge in [-0.3, -0.25) is 70.8 Å². The number of rotatable bonds is 56. The van der Waals surface area contributed by atoms with Gasteiger partial charge in [0, 0.05) is 156 Å². The van der Waals surface area contributed by atoms with Crippen molar-refractivity contribution in [2.45, 2.75) is 215 Å². The molecular weight excluding hydrogens is 1470 g/mol. The van der Waals surface area contributed by atoms with Gasteiger partial charge in [0.05, 0.1) is 117 Å². The van der Waals surface area contributed by atoms with Gasteiger partial charge in [-0.15, -0.1) is 0 Å². The van der Waals surface area contributed by atoms with E-state index in [-0.39, 0.29) is 134 Å². The van der Waals surface area contributed by atoms with Crippen LogP contribution in [0.1, 0.15) is 104 Å². The summed E-state index contributed by atoms with van der Waals surface area (Å²) in [6.07, 6.45) is -11.7. The Morgan fingerprint density at radius 2 is 0.991 bits per heavy atom. The molecule has 4 fully saturated rings. The fraction of sp³-hybridized carbons (Fsp3) is 0.820. The first-order valence-corrected chi connectivity index (χ1v) is 39.8. The van der Waals surface area contributed by atoms with Gasteiger partial charge in [-0.05, 0) is 84.7 Å². The summed E-state index contributed by atoms with van der Waals surface area (Å²) in [5.41, 5.74) is 11.6. The van der Waals surface area contributed by atoms with Crippen molar-refractivity contribution < 1.29 is 124 Å². The number of aliphatic hydroxyl groups excluding tert-OH is 3. The van der Waals surface area contributed by atoms with Crippen LogP contribution in [0, 0.1) is 5.92 Å². The maximum Gasteiger partial charge on any atom is 0.472 e. The number of aliphatic hydroxyl groups is 3. The Hall–Kier alpha value is -4.66. The van der Waals surface area contributed by atoms with Gasteiger partial charge in [0.15, 0.2) is 11.6 Å². The number of amides is 8. The zero-order valence-corrected chi connectivity index (χ0v) is 64.6. The Morgan fingerprint density at radius 1 is 0.536 bits per heavy atom. The number of nitrogens with zero attached hydrogens (tertiary/aromatic N) is 4.